The van der Waals surface area contributed by atoms with Crippen LogP contribution in [0.15, 0.2) is 21.6 Å². The lowest BCUT2D eigenvalue weighted by molar-refractivity contribution is -0.0703. The number of hydrogen-bond acceptors (Lipinski definition) is 2. The third-order valence-corrected chi connectivity index (χ3v) is 11.6. The Hall–Kier alpha value is 1.06. The molecule has 0 aromatic heterocycles. The normalized spacial score (nSPS) is 28.0. The van der Waals surface area contributed by atoms with Gasteiger partial charge in [-0.1, -0.05) is 61.9 Å². The molecule has 146 valence electrons. The minimum atomic E-state index is -1.86. The van der Waals surface area contributed by atoms with Crippen LogP contribution in [0.5, 0.6) is 0 Å². The van der Waals surface area contributed by atoms with Crippen LogP contribution < -0.4 is 0 Å². The summed E-state index contributed by atoms with van der Waals surface area (Å²) in [6, 6.07) is 0. The Labute approximate surface area is 180 Å². The van der Waals surface area contributed by atoms with Gasteiger partial charge in [0.05, 0.1) is 21.7 Å². The Morgan fingerprint density at radius 2 is 1.88 bits per heavy atom. The van der Waals surface area contributed by atoms with Crippen molar-refractivity contribution in [3.05, 3.63) is 21.6 Å². The van der Waals surface area contributed by atoms with E-state index in [9.17, 15) is 0 Å². The summed E-state index contributed by atoms with van der Waals surface area (Å²) in [6.07, 6.45) is 10.7. The Bertz CT molecular complexity index is 468. The molecule has 1 unspecified atom stereocenters. The Morgan fingerprint density at radius 1 is 1.28 bits per heavy atom. The molecule has 0 radical (unpaired) electrons. The molecule has 4 atom stereocenters. The van der Waals surface area contributed by atoms with Crippen LogP contribution >= 0.6 is 47.8 Å². The molecule has 0 aliphatic carbocycles. The fourth-order valence-electron chi connectivity index (χ4n) is 2.57. The molecular weight excluding hydrogens is 528 g/mol. The quantitative estimate of drug-likeness (QED) is 0.188. The van der Waals surface area contributed by atoms with Gasteiger partial charge in [0.25, 0.3) is 0 Å². The summed E-state index contributed by atoms with van der Waals surface area (Å²) in [4.78, 5) is 0.364. The van der Waals surface area contributed by atoms with Gasteiger partial charge in [0.1, 0.15) is 0 Å². The molecule has 0 aromatic carbocycles. The van der Waals surface area contributed by atoms with Crippen molar-refractivity contribution in [3.63, 3.8) is 0 Å². The summed E-state index contributed by atoms with van der Waals surface area (Å²) in [7, 11) is -1.86. The van der Waals surface area contributed by atoms with E-state index in [4.69, 9.17) is 9.16 Å². The second-order valence-electron chi connectivity index (χ2n) is 8.23. The largest absolute Gasteiger partial charge is 0.411 e. The lowest BCUT2D eigenvalue weighted by Gasteiger charge is -2.42. The Morgan fingerprint density at radius 3 is 2.40 bits per heavy atom. The monoisotopic (exact) mass is 558 g/mol. The lowest BCUT2D eigenvalue weighted by atomic mass is 10.0. The first-order valence-corrected chi connectivity index (χ1v) is 14.5. The topological polar surface area (TPSA) is 18.5 Å². The molecular formula is C19H33Br3O2Si. The summed E-state index contributed by atoms with van der Waals surface area (Å²) >= 11 is 10.7. The summed E-state index contributed by atoms with van der Waals surface area (Å²) < 4.78 is 14.3. The molecule has 25 heavy (non-hydrogen) atoms. The van der Waals surface area contributed by atoms with Gasteiger partial charge in [0.15, 0.2) is 8.32 Å². The van der Waals surface area contributed by atoms with Gasteiger partial charge in [-0.25, -0.2) is 0 Å². The highest BCUT2D eigenvalue weighted by Gasteiger charge is 2.41. The molecule has 0 aromatic rings. The van der Waals surface area contributed by atoms with E-state index in [-0.39, 0.29) is 23.4 Å². The molecule has 0 N–H and O–H groups in total. The predicted octanol–water partition coefficient (Wildman–Crippen LogP) is 7.68. The van der Waals surface area contributed by atoms with Crippen molar-refractivity contribution in [3.8, 4) is 0 Å². The third-order valence-electron chi connectivity index (χ3n) is 5.22. The zero-order chi connectivity index (χ0) is 19.3. The van der Waals surface area contributed by atoms with Crippen molar-refractivity contribution in [2.45, 2.75) is 94.6 Å². The van der Waals surface area contributed by atoms with Crippen molar-refractivity contribution in [1.82, 2.24) is 0 Å². The minimum absolute atomic E-state index is 0.0563. The number of ether oxygens (including phenoxy) is 1. The van der Waals surface area contributed by atoms with E-state index < -0.39 is 8.32 Å². The highest BCUT2D eigenvalue weighted by atomic mass is 79.9. The second kappa shape index (κ2) is 10.6. The van der Waals surface area contributed by atoms with Gasteiger partial charge in [-0.2, -0.15) is 0 Å². The standard InChI is InChI=1S/C19H33Br3O2Si/c1-7-14(20)15-10-8-9-11-17(16(23-15)12-13-18(21)22)24-25(5,6)19(2,3)4/h8-9,13-17H,7,10-12H2,1-6H3/b9-8-/t14?,15-,16+,17+/m1/s1. The minimum Gasteiger partial charge on any atom is -0.411 e. The zero-order valence-corrected chi connectivity index (χ0v) is 22.1. The molecule has 0 fully saturated rings. The first-order valence-electron chi connectivity index (χ1n) is 9.11. The molecule has 6 heteroatoms. The van der Waals surface area contributed by atoms with E-state index in [1.807, 2.05) is 0 Å². The molecule has 1 aliphatic heterocycles. The summed E-state index contributed by atoms with van der Waals surface area (Å²) in [5, 5.41) is 0.191. The first kappa shape index (κ1) is 24.1. The van der Waals surface area contributed by atoms with E-state index in [1.54, 1.807) is 0 Å². The maximum atomic E-state index is 6.77. The Kier molecular flexibility index (Phi) is 10.2. The summed E-state index contributed by atoms with van der Waals surface area (Å²) in [5.41, 5.74) is 0. The number of rotatable bonds is 6. The van der Waals surface area contributed by atoms with Crippen molar-refractivity contribution in [2.24, 2.45) is 0 Å². The van der Waals surface area contributed by atoms with Crippen molar-refractivity contribution in [1.29, 1.82) is 0 Å². The van der Waals surface area contributed by atoms with Crippen molar-refractivity contribution >= 4 is 56.1 Å². The van der Waals surface area contributed by atoms with E-state index in [0.29, 0.717) is 4.83 Å². The van der Waals surface area contributed by atoms with Gasteiger partial charge in [0, 0.05) is 4.83 Å². The van der Waals surface area contributed by atoms with E-state index >= 15 is 0 Å². The van der Waals surface area contributed by atoms with Crippen molar-refractivity contribution < 1.29 is 9.16 Å². The molecule has 0 amide bonds. The van der Waals surface area contributed by atoms with Gasteiger partial charge in [-0.3, -0.25) is 0 Å². The summed E-state index contributed by atoms with van der Waals surface area (Å²) in [6.45, 7) is 13.7. The lowest BCUT2D eigenvalue weighted by Crippen LogP contribution is -2.48. The van der Waals surface area contributed by atoms with Crippen LogP contribution in [0, 0.1) is 0 Å². The van der Waals surface area contributed by atoms with E-state index in [0.717, 1.165) is 29.1 Å². The molecule has 0 saturated carbocycles. The molecule has 1 rings (SSSR count). The van der Waals surface area contributed by atoms with Crippen LogP contribution in [0.1, 0.15) is 53.4 Å². The fraction of sp³-hybridized carbons (Fsp3) is 0.789. The van der Waals surface area contributed by atoms with Gasteiger partial charge in [-0.05, 0) is 75.7 Å². The first-order chi connectivity index (χ1) is 11.5. The van der Waals surface area contributed by atoms with Crippen LogP contribution in [-0.2, 0) is 9.16 Å². The molecule has 0 bridgehead atoms. The van der Waals surface area contributed by atoms with Crippen LogP contribution in [0.2, 0.25) is 18.1 Å². The SMILES string of the molecule is CCC(Br)[C@H]1C/C=C\C[C@H](O[Si](C)(C)C(C)(C)C)[C@H](CC=C(Br)Br)O1. The molecule has 2 nitrogen and oxygen atoms in total. The molecule has 0 saturated heterocycles. The van der Waals surface area contributed by atoms with Gasteiger partial charge >= 0.3 is 0 Å². The number of halogens is 3. The molecule has 1 heterocycles. The highest BCUT2D eigenvalue weighted by Crippen LogP contribution is 2.39. The molecule has 0 spiro atoms. The van der Waals surface area contributed by atoms with Gasteiger partial charge in [-0.15, -0.1) is 0 Å². The average Bonchev–Trinajstić information content (AvgIpc) is 2.47. The van der Waals surface area contributed by atoms with E-state index in [1.165, 1.54) is 0 Å². The smallest absolute Gasteiger partial charge is 0.192 e. The Balaban J connectivity index is 3.05. The second-order valence-corrected chi connectivity index (χ2v) is 16.9. The highest BCUT2D eigenvalue weighted by molar-refractivity contribution is 9.28. The predicted molar refractivity (Wildman–Crippen MR) is 123 cm³/mol. The zero-order valence-electron chi connectivity index (χ0n) is 16.3. The van der Waals surface area contributed by atoms with Gasteiger partial charge in [0.2, 0.25) is 0 Å². The average molecular weight is 561 g/mol. The summed E-state index contributed by atoms with van der Waals surface area (Å²) in [5.74, 6) is 0. The maximum absolute atomic E-state index is 6.77. The fourth-order valence-corrected chi connectivity index (χ4v) is 4.64. The van der Waals surface area contributed by atoms with Crippen LogP contribution in [0.4, 0.5) is 0 Å². The van der Waals surface area contributed by atoms with Crippen LogP contribution in [-0.4, -0.2) is 31.5 Å². The van der Waals surface area contributed by atoms with Crippen LogP contribution in [0.3, 0.4) is 0 Å². The molecule has 1 aliphatic rings. The van der Waals surface area contributed by atoms with E-state index in [2.05, 4.69) is 107 Å². The van der Waals surface area contributed by atoms with Gasteiger partial charge < -0.3 is 9.16 Å². The number of alkyl halides is 1. The third kappa shape index (κ3) is 7.90. The number of hydrogen-bond donors (Lipinski definition) is 0. The van der Waals surface area contributed by atoms with Crippen molar-refractivity contribution in [2.75, 3.05) is 0 Å². The van der Waals surface area contributed by atoms with Crippen LogP contribution in [0.25, 0.3) is 0 Å². The maximum Gasteiger partial charge on any atom is 0.192 e.